The summed E-state index contributed by atoms with van der Waals surface area (Å²) < 4.78 is 18.5. The van der Waals surface area contributed by atoms with Gasteiger partial charge in [0.2, 0.25) is 0 Å². The van der Waals surface area contributed by atoms with Crippen LogP contribution in [0.15, 0.2) is 66.7 Å². The largest absolute Gasteiger partial charge is 0.134 e. The van der Waals surface area contributed by atoms with Gasteiger partial charge in [-0.05, 0) is 23.6 Å². The van der Waals surface area contributed by atoms with E-state index in [0.717, 1.165) is 27.5 Å². The van der Waals surface area contributed by atoms with Gasteiger partial charge in [-0.3, -0.25) is 0 Å². The van der Waals surface area contributed by atoms with Gasteiger partial charge < -0.3 is 0 Å². The van der Waals surface area contributed by atoms with E-state index >= 15 is 0 Å². The first kappa shape index (κ1) is 9.73. The molecule has 0 fully saturated rings. The van der Waals surface area contributed by atoms with Gasteiger partial charge in [-0.25, -0.2) is 0 Å². The van der Waals surface area contributed by atoms with Crippen molar-refractivity contribution in [2.24, 2.45) is 0 Å². The van der Waals surface area contributed by atoms with Crippen molar-refractivity contribution in [1.29, 1.82) is 0 Å². The molecule has 0 aliphatic rings. The highest BCUT2D eigenvalue weighted by Crippen LogP contribution is 2.40. The van der Waals surface area contributed by atoms with E-state index in [1.807, 2.05) is 42.5 Å². The third-order valence-electron chi connectivity index (χ3n) is 3.65. The zero-order chi connectivity index (χ0) is 15.3. The van der Waals surface area contributed by atoms with E-state index in [9.17, 15) is 0 Å². The van der Waals surface area contributed by atoms with E-state index in [4.69, 9.17) is 2.74 Å². The van der Waals surface area contributed by atoms with Gasteiger partial charge in [-0.1, -0.05) is 66.7 Å². The maximum atomic E-state index is 8.15. The summed E-state index contributed by atoms with van der Waals surface area (Å²) in [5, 5.41) is 2.18. The van der Waals surface area contributed by atoms with Gasteiger partial charge in [0.15, 0.2) is 0 Å². The van der Waals surface area contributed by atoms with Gasteiger partial charge in [0, 0.05) is 20.2 Å². The van der Waals surface area contributed by atoms with Gasteiger partial charge in [0.25, 0.3) is 0 Å². The fourth-order valence-corrected chi connectivity index (χ4v) is 3.93. The fraction of sp³-hybridized carbons (Fsp3) is 0.0526. The Bertz CT molecular complexity index is 1000. The Balaban J connectivity index is 2.17. The second-order valence-electron chi connectivity index (χ2n) is 4.96. The molecule has 0 aliphatic heterocycles. The predicted octanol–water partition coefficient (Wildman–Crippen LogP) is 6.03. The Kier molecular flexibility index (Phi) is 2.17. The monoisotopic (exact) mass is 276 g/mol. The lowest BCUT2D eigenvalue weighted by Crippen LogP contribution is -1.76. The van der Waals surface area contributed by atoms with E-state index in [2.05, 4.69) is 19.1 Å². The molecule has 0 amide bonds. The van der Waals surface area contributed by atoms with Crippen LogP contribution in [-0.2, 0) is 0 Å². The van der Waals surface area contributed by atoms with Crippen LogP contribution in [0.3, 0.4) is 0 Å². The van der Waals surface area contributed by atoms with Crippen LogP contribution in [0.1, 0.15) is 8.30 Å². The van der Waals surface area contributed by atoms with Crippen LogP contribution in [-0.4, -0.2) is 0 Å². The second-order valence-corrected chi connectivity index (χ2v) is 5.98. The molecule has 0 saturated carbocycles. The third kappa shape index (κ3) is 1.67. The average Bonchev–Trinajstić information content (AvgIpc) is 2.86. The second kappa shape index (κ2) is 4.46. The molecule has 20 heavy (non-hydrogen) atoms. The molecule has 0 N–H and O–H groups in total. The Labute approximate surface area is 125 Å². The minimum absolute atomic E-state index is 0.513. The Morgan fingerprint density at radius 1 is 0.800 bits per heavy atom. The Hall–Kier alpha value is -2.12. The van der Waals surface area contributed by atoms with Crippen molar-refractivity contribution >= 4 is 31.5 Å². The highest BCUT2D eigenvalue weighted by molar-refractivity contribution is 7.26. The number of benzene rings is 3. The molecule has 0 atom stereocenters. The van der Waals surface area contributed by atoms with Crippen LogP contribution in [0.2, 0.25) is 0 Å². The summed E-state index contributed by atoms with van der Waals surface area (Å²) in [6.07, 6.45) is 0. The highest BCUT2D eigenvalue weighted by atomic mass is 32.1. The van der Waals surface area contributed by atoms with Crippen molar-refractivity contribution in [3.05, 3.63) is 72.2 Å². The zero-order valence-corrected chi connectivity index (χ0v) is 11.9. The summed E-state index contributed by atoms with van der Waals surface area (Å²) in [7, 11) is 0. The number of rotatable bonds is 1. The van der Waals surface area contributed by atoms with Crippen LogP contribution >= 0.6 is 11.3 Å². The van der Waals surface area contributed by atoms with E-state index in [1.54, 1.807) is 11.3 Å². The number of aryl methyl sites for hydroxylation is 1. The van der Waals surface area contributed by atoms with Gasteiger partial charge in [-0.15, -0.1) is 11.3 Å². The number of thiophene rings is 1. The number of fused-ring (bicyclic) bond motifs is 3. The summed E-state index contributed by atoms with van der Waals surface area (Å²) >= 11 is 1.76. The summed E-state index contributed by atoms with van der Waals surface area (Å²) in [5.74, 6) is 0. The van der Waals surface area contributed by atoms with Crippen LogP contribution in [0, 0.1) is 6.92 Å². The zero-order valence-electron chi connectivity index (χ0n) is 13.1. The highest BCUT2D eigenvalue weighted by Gasteiger charge is 2.10. The maximum absolute atomic E-state index is 8.15. The summed E-state index contributed by atoms with van der Waals surface area (Å²) in [5.41, 5.74) is 3.38. The van der Waals surface area contributed by atoms with Crippen LogP contribution in [0.4, 0.5) is 0 Å². The average molecular weight is 276 g/mol. The summed E-state index contributed by atoms with van der Waals surface area (Å²) in [4.78, 5) is 0. The lowest BCUT2D eigenvalue weighted by Gasteiger charge is -2.02. The molecule has 4 rings (SSSR count). The SMILES string of the molecule is [2H]c1cc(C)c2sc3c(-c4ccccc4)cc([2H])cc3c2c1. The van der Waals surface area contributed by atoms with Gasteiger partial charge in [-0.2, -0.15) is 0 Å². The molecule has 0 spiro atoms. The van der Waals surface area contributed by atoms with Gasteiger partial charge >= 0.3 is 0 Å². The number of hydrogen-bond acceptors (Lipinski definition) is 1. The molecule has 96 valence electrons. The molecule has 4 aromatic rings. The van der Waals surface area contributed by atoms with Crippen molar-refractivity contribution in [3.63, 3.8) is 0 Å². The topological polar surface area (TPSA) is 0 Å². The molecule has 0 nitrogen and oxygen atoms in total. The lowest BCUT2D eigenvalue weighted by molar-refractivity contribution is 1.56. The van der Waals surface area contributed by atoms with Crippen molar-refractivity contribution in [1.82, 2.24) is 0 Å². The maximum Gasteiger partial charge on any atom is 0.0623 e. The predicted molar refractivity (Wildman–Crippen MR) is 89.5 cm³/mol. The van der Waals surface area contributed by atoms with E-state index in [0.29, 0.717) is 12.1 Å². The van der Waals surface area contributed by atoms with Crippen molar-refractivity contribution in [3.8, 4) is 11.1 Å². The first-order chi connectivity index (χ1) is 10.6. The third-order valence-corrected chi connectivity index (χ3v) is 5.04. The lowest BCUT2D eigenvalue weighted by atomic mass is 10.0. The smallest absolute Gasteiger partial charge is 0.0623 e. The quantitative estimate of drug-likeness (QED) is 0.398. The van der Waals surface area contributed by atoms with Crippen LogP contribution in [0.5, 0.6) is 0 Å². The standard InChI is InChI=1S/C19H14S/c1-13-7-5-11-16-17-12-6-10-15(19(17)20-18(13)16)14-8-3-2-4-9-14/h2-12H,1H3/i5D,6D. The van der Waals surface area contributed by atoms with E-state index in [1.165, 1.54) is 9.40 Å². The van der Waals surface area contributed by atoms with Crippen molar-refractivity contribution < 1.29 is 2.74 Å². The first-order valence-electron chi connectivity index (χ1n) is 7.63. The minimum atomic E-state index is 0.513. The van der Waals surface area contributed by atoms with E-state index in [-0.39, 0.29) is 0 Å². The minimum Gasteiger partial charge on any atom is -0.134 e. The molecule has 0 saturated heterocycles. The molecule has 0 bridgehead atoms. The van der Waals surface area contributed by atoms with E-state index < -0.39 is 0 Å². The Morgan fingerprint density at radius 2 is 1.50 bits per heavy atom. The fourth-order valence-electron chi connectivity index (χ4n) is 2.66. The van der Waals surface area contributed by atoms with Crippen LogP contribution < -0.4 is 0 Å². The molecule has 0 unspecified atom stereocenters. The first-order valence-corrected chi connectivity index (χ1v) is 7.44. The summed E-state index contributed by atoms with van der Waals surface area (Å²) in [6, 6.07) is 18.9. The molecule has 1 heteroatoms. The molecule has 0 radical (unpaired) electrons. The van der Waals surface area contributed by atoms with Gasteiger partial charge in [0.1, 0.15) is 0 Å². The molecule has 0 aliphatic carbocycles. The molecule has 1 heterocycles. The number of hydrogen-bond donors (Lipinski definition) is 0. The van der Waals surface area contributed by atoms with Crippen LogP contribution in [0.25, 0.3) is 31.3 Å². The molecular weight excluding hydrogens is 260 g/mol. The normalized spacial score (nSPS) is 12.7. The van der Waals surface area contributed by atoms with Crippen molar-refractivity contribution in [2.75, 3.05) is 0 Å². The Morgan fingerprint density at radius 3 is 2.30 bits per heavy atom. The summed E-state index contributed by atoms with van der Waals surface area (Å²) in [6.45, 7) is 2.06. The van der Waals surface area contributed by atoms with Crippen molar-refractivity contribution in [2.45, 2.75) is 6.92 Å². The van der Waals surface area contributed by atoms with Gasteiger partial charge in [0.05, 0.1) is 2.74 Å². The molecule has 1 aromatic heterocycles. The molecular formula is C19H14S. The molecule has 3 aromatic carbocycles.